The van der Waals surface area contributed by atoms with Crippen LogP contribution in [-0.2, 0) is 6.42 Å². The number of ether oxygens (including phenoxy) is 2. The van der Waals surface area contributed by atoms with E-state index in [0.29, 0.717) is 36.1 Å². The summed E-state index contributed by atoms with van der Waals surface area (Å²) in [6.07, 6.45) is 3.01. The smallest absolute Gasteiger partial charge is 0.273 e. The Bertz CT molecular complexity index is 1050. The number of hydrogen-bond donors (Lipinski definition) is 0. The zero-order valence-electron chi connectivity index (χ0n) is 17.6. The number of methoxy groups -OCH3 is 2. The number of aromatic nitrogens is 1. The molecule has 0 spiro atoms. The van der Waals surface area contributed by atoms with Gasteiger partial charge in [-0.3, -0.25) is 4.79 Å². The predicted octanol–water partition coefficient (Wildman–Crippen LogP) is 5.06. The summed E-state index contributed by atoms with van der Waals surface area (Å²) in [5.74, 6) is 1.54. The van der Waals surface area contributed by atoms with E-state index in [9.17, 15) is 9.18 Å². The molecule has 0 saturated heterocycles. The predicted molar refractivity (Wildman–Crippen MR) is 119 cm³/mol. The van der Waals surface area contributed by atoms with Crippen molar-refractivity contribution in [2.45, 2.75) is 19.3 Å². The van der Waals surface area contributed by atoms with Crippen LogP contribution in [0.1, 0.15) is 28.9 Å². The molecule has 0 unspecified atom stereocenters. The highest BCUT2D eigenvalue weighted by Gasteiger charge is 2.29. The first-order valence-corrected chi connectivity index (χ1v) is 11.2. The Hall–Kier alpha value is -2.93. The van der Waals surface area contributed by atoms with Crippen molar-refractivity contribution >= 4 is 17.2 Å². The van der Waals surface area contributed by atoms with E-state index in [1.54, 1.807) is 31.9 Å². The first-order valence-electron chi connectivity index (χ1n) is 10.3. The number of thiazole rings is 1. The number of carbonyl (C=O) groups is 1. The lowest BCUT2D eigenvalue weighted by atomic mass is 10.1. The number of hydrogen-bond acceptors (Lipinski definition) is 5. The zero-order valence-corrected chi connectivity index (χ0v) is 18.5. The van der Waals surface area contributed by atoms with E-state index in [1.807, 2.05) is 23.1 Å². The summed E-state index contributed by atoms with van der Waals surface area (Å²) < 4.78 is 24.0. The van der Waals surface area contributed by atoms with Crippen LogP contribution >= 0.6 is 11.3 Å². The number of benzene rings is 2. The summed E-state index contributed by atoms with van der Waals surface area (Å²) in [4.78, 5) is 20.5. The third-order valence-corrected chi connectivity index (χ3v) is 6.33. The van der Waals surface area contributed by atoms with Crippen LogP contribution in [0.25, 0.3) is 10.4 Å². The van der Waals surface area contributed by atoms with Crippen molar-refractivity contribution in [1.29, 1.82) is 0 Å². The van der Waals surface area contributed by atoms with Gasteiger partial charge < -0.3 is 14.4 Å². The van der Waals surface area contributed by atoms with Gasteiger partial charge in [-0.1, -0.05) is 18.2 Å². The largest absolute Gasteiger partial charge is 0.493 e. The molecular weight excluding hydrogens is 415 g/mol. The van der Waals surface area contributed by atoms with Gasteiger partial charge in [-0.25, -0.2) is 9.37 Å². The number of rotatable bonds is 9. The molecule has 2 aromatic carbocycles. The maximum Gasteiger partial charge on any atom is 0.273 e. The summed E-state index contributed by atoms with van der Waals surface area (Å²) in [5.41, 5.74) is 3.99. The van der Waals surface area contributed by atoms with E-state index in [-0.39, 0.29) is 11.7 Å². The van der Waals surface area contributed by atoms with Crippen molar-refractivity contribution in [1.82, 2.24) is 9.88 Å². The van der Waals surface area contributed by atoms with E-state index < -0.39 is 0 Å². The number of nitrogens with zero attached hydrogens (tertiary/aromatic N) is 2. The second-order valence-corrected chi connectivity index (χ2v) is 8.53. The number of amides is 1. The Morgan fingerprint density at radius 3 is 2.55 bits per heavy atom. The van der Waals surface area contributed by atoms with Crippen molar-refractivity contribution in [2.75, 3.05) is 27.3 Å². The Morgan fingerprint density at radius 1 is 1.13 bits per heavy atom. The molecule has 4 rings (SSSR count). The highest BCUT2D eigenvalue weighted by Crippen LogP contribution is 2.33. The van der Waals surface area contributed by atoms with Gasteiger partial charge in [0.25, 0.3) is 5.91 Å². The van der Waals surface area contributed by atoms with Crippen LogP contribution in [0.5, 0.6) is 11.5 Å². The minimum Gasteiger partial charge on any atom is -0.493 e. The van der Waals surface area contributed by atoms with E-state index in [4.69, 9.17) is 9.47 Å². The Morgan fingerprint density at radius 2 is 1.87 bits per heavy atom. The van der Waals surface area contributed by atoms with E-state index >= 15 is 0 Å². The molecule has 0 aliphatic heterocycles. The first-order chi connectivity index (χ1) is 15.1. The van der Waals surface area contributed by atoms with Gasteiger partial charge in [-0.2, -0.15) is 0 Å². The molecule has 1 aliphatic rings. The lowest BCUT2D eigenvalue weighted by molar-refractivity contribution is 0.0745. The van der Waals surface area contributed by atoms with E-state index in [0.717, 1.165) is 35.4 Å². The SMILES string of the molecule is COc1ccc(CCN(CC2CC2)C(=O)c2ncsc2-c2ccc(F)cc2)cc1OC. The van der Waals surface area contributed by atoms with Crippen molar-refractivity contribution in [3.63, 3.8) is 0 Å². The molecule has 1 saturated carbocycles. The second kappa shape index (κ2) is 9.47. The highest BCUT2D eigenvalue weighted by atomic mass is 32.1. The summed E-state index contributed by atoms with van der Waals surface area (Å²) in [6, 6.07) is 12.0. The minimum atomic E-state index is -0.300. The lowest BCUT2D eigenvalue weighted by Gasteiger charge is -2.23. The third-order valence-electron chi connectivity index (χ3n) is 5.46. The van der Waals surface area contributed by atoms with Crippen molar-refractivity contribution in [3.8, 4) is 21.9 Å². The third kappa shape index (κ3) is 5.05. The van der Waals surface area contributed by atoms with Crippen LogP contribution in [0.15, 0.2) is 48.0 Å². The van der Waals surface area contributed by atoms with Crippen LogP contribution in [0.2, 0.25) is 0 Å². The van der Waals surface area contributed by atoms with E-state index in [1.165, 1.54) is 23.5 Å². The van der Waals surface area contributed by atoms with Crippen molar-refractivity contribution in [3.05, 3.63) is 65.0 Å². The highest BCUT2D eigenvalue weighted by molar-refractivity contribution is 7.13. The fourth-order valence-electron chi connectivity index (χ4n) is 3.54. The van der Waals surface area contributed by atoms with Gasteiger partial charge in [0.15, 0.2) is 11.5 Å². The molecule has 0 N–H and O–H groups in total. The molecule has 1 fully saturated rings. The quantitative estimate of drug-likeness (QED) is 0.467. The fraction of sp³-hybridized carbons (Fsp3) is 0.333. The number of carbonyl (C=O) groups excluding carboxylic acids is 1. The van der Waals surface area contributed by atoms with Gasteiger partial charge in [-0.05, 0) is 60.6 Å². The second-order valence-electron chi connectivity index (χ2n) is 7.67. The van der Waals surface area contributed by atoms with Gasteiger partial charge in [0.05, 0.1) is 24.6 Å². The Balaban J connectivity index is 1.53. The molecule has 31 heavy (non-hydrogen) atoms. The molecule has 0 bridgehead atoms. The van der Waals surface area contributed by atoms with Crippen LogP contribution in [0, 0.1) is 11.7 Å². The molecule has 1 aromatic heterocycles. The molecule has 162 valence electrons. The van der Waals surface area contributed by atoms with E-state index in [2.05, 4.69) is 4.98 Å². The van der Waals surface area contributed by atoms with Gasteiger partial charge in [0, 0.05) is 13.1 Å². The van der Waals surface area contributed by atoms with Crippen molar-refractivity contribution in [2.24, 2.45) is 5.92 Å². The molecular formula is C24H25FN2O3S. The molecule has 7 heteroatoms. The summed E-state index contributed by atoms with van der Waals surface area (Å²) in [7, 11) is 3.23. The standard InChI is InChI=1S/C24H25FN2O3S/c1-29-20-10-5-16(13-21(20)30-2)11-12-27(14-17-3-4-17)24(28)22-23(31-15-26-22)18-6-8-19(25)9-7-18/h5-10,13,15,17H,3-4,11-12,14H2,1-2H3. The van der Waals surface area contributed by atoms with Crippen LogP contribution < -0.4 is 9.47 Å². The van der Waals surface area contributed by atoms with Gasteiger partial charge in [0.2, 0.25) is 0 Å². The molecule has 1 aliphatic carbocycles. The van der Waals surface area contributed by atoms with Gasteiger partial charge in [0.1, 0.15) is 11.5 Å². The molecule has 3 aromatic rings. The van der Waals surface area contributed by atoms with Crippen LogP contribution in [0.3, 0.4) is 0 Å². The molecule has 5 nitrogen and oxygen atoms in total. The maximum atomic E-state index is 13.4. The summed E-state index contributed by atoms with van der Waals surface area (Å²) in [6.45, 7) is 1.32. The first kappa shape index (κ1) is 21.3. The van der Waals surface area contributed by atoms with Gasteiger partial charge in [-0.15, -0.1) is 11.3 Å². The molecule has 1 heterocycles. The lowest BCUT2D eigenvalue weighted by Crippen LogP contribution is -2.35. The fourth-order valence-corrected chi connectivity index (χ4v) is 4.33. The summed E-state index contributed by atoms with van der Waals surface area (Å²) >= 11 is 1.40. The molecule has 0 radical (unpaired) electrons. The minimum absolute atomic E-state index is 0.0760. The molecule has 1 amide bonds. The average Bonchev–Trinajstić information content (AvgIpc) is 3.48. The normalized spacial score (nSPS) is 13.1. The van der Waals surface area contributed by atoms with Gasteiger partial charge >= 0.3 is 0 Å². The topological polar surface area (TPSA) is 51.7 Å². The van der Waals surface area contributed by atoms with Crippen LogP contribution in [0.4, 0.5) is 4.39 Å². The Labute approximate surface area is 185 Å². The van der Waals surface area contributed by atoms with Crippen molar-refractivity contribution < 1.29 is 18.7 Å². The molecule has 0 atom stereocenters. The monoisotopic (exact) mass is 440 g/mol. The summed E-state index contributed by atoms with van der Waals surface area (Å²) in [5, 5.41) is 0. The maximum absolute atomic E-state index is 13.4. The Kier molecular flexibility index (Phi) is 6.51. The van der Waals surface area contributed by atoms with Crippen LogP contribution in [-0.4, -0.2) is 43.1 Å². The zero-order chi connectivity index (χ0) is 21.8. The number of halogens is 1. The average molecular weight is 441 g/mol.